The van der Waals surface area contributed by atoms with Crippen LogP contribution in [-0.4, -0.2) is 13.3 Å². The predicted octanol–water partition coefficient (Wildman–Crippen LogP) is 5.17. The summed E-state index contributed by atoms with van der Waals surface area (Å²) < 4.78 is 9.88. The van der Waals surface area contributed by atoms with Gasteiger partial charge in [0, 0.05) is 5.56 Å². The zero-order valence-corrected chi connectivity index (χ0v) is 12.7. The zero-order valence-electron chi connectivity index (χ0n) is 12.7. The molecule has 0 aliphatic carbocycles. The molecule has 0 radical (unpaired) electrons. The minimum atomic E-state index is -0.727. The van der Waals surface area contributed by atoms with Gasteiger partial charge in [-0.1, -0.05) is 66.7 Å². The molecule has 23 heavy (non-hydrogen) atoms. The van der Waals surface area contributed by atoms with Crippen molar-refractivity contribution in [1.29, 1.82) is 0 Å². The first-order valence-corrected chi connectivity index (χ1v) is 7.28. The zero-order chi connectivity index (χ0) is 16.1. The van der Waals surface area contributed by atoms with Crippen molar-refractivity contribution >= 4 is 6.16 Å². The van der Waals surface area contributed by atoms with Crippen LogP contribution in [0.1, 0.15) is 0 Å². The van der Waals surface area contributed by atoms with Crippen LogP contribution in [0.5, 0.6) is 5.75 Å². The predicted molar refractivity (Wildman–Crippen MR) is 90.3 cm³/mol. The van der Waals surface area contributed by atoms with E-state index in [0.29, 0.717) is 5.75 Å². The molecule has 3 nitrogen and oxygen atoms in total. The molecule has 114 valence electrons. The van der Waals surface area contributed by atoms with Crippen LogP contribution in [-0.2, 0) is 4.74 Å². The number of carbonyl (C=O) groups is 1. The molecule has 0 fully saturated rings. The van der Waals surface area contributed by atoms with Gasteiger partial charge in [0.25, 0.3) is 0 Å². The summed E-state index contributed by atoms with van der Waals surface area (Å²) in [5, 5.41) is 0. The average Bonchev–Trinajstić information content (AvgIpc) is 2.63. The summed E-state index contributed by atoms with van der Waals surface area (Å²) in [6, 6.07) is 25.6. The molecule has 3 rings (SSSR count). The van der Waals surface area contributed by atoms with E-state index in [9.17, 15) is 4.79 Å². The quantitative estimate of drug-likeness (QED) is 0.495. The SMILES string of the molecule is COC(=O)Oc1ccc(-c2ccccc2)cc1-c1ccccc1. The van der Waals surface area contributed by atoms with E-state index in [1.807, 2.05) is 72.8 Å². The fraction of sp³-hybridized carbons (Fsp3) is 0.0500. The average molecular weight is 304 g/mol. The first-order valence-electron chi connectivity index (χ1n) is 7.28. The Kier molecular flexibility index (Phi) is 4.39. The van der Waals surface area contributed by atoms with Crippen molar-refractivity contribution < 1.29 is 14.3 Å². The number of benzene rings is 3. The number of rotatable bonds is 3. The van der Waals surface area contributed by atoms with Crippen LogP contribution in [0, 0.1) is 0 Å². The minimum absolute atomic E-state index is 0.475. The molecule has 3 aromatic carbocycles. The van der Waals surface area contributed by atoms with Crippen LogP contribution in [0.4, 0.5) is 4.79 Å². The van der Waals surface area contributed by atoms with Gasteiger partial charge in [0.05, 0.1) is 7.11 Å². The normalized spacial score (nSPS) is 10.1. The van der Waals surface area contributed by atoms with Crippen molar-refractivity contribution in [3.8, 4) is 28.0 Å². The van der Waals surface area contributed by atoms with Crippen LogP contribution in [0.2, 0.25) is 0 Å². The molecule has 0 atom stereocenters. The highest BCUT2D eigenvalue weighted by Crippen LogP contribution is 2.34. The fourth-order valence-electron chi connectivity index (χ4n) is 2.40. The number of hydrogen-bond acceptors (Lipinski definition) is 3. The Balaban J connectivity index is 2.09. The van der Waals surface area contributed by atoms with Gasteiger partial charge < -0.3 is 9.47 Å². The molecule has 0 saturated heterocycles. The second-order valence-electron chi connectivity index (χ2n) is 5.00. The van der Waals surface area contributed by atoms with Gasteiger partial charge in [-0.15, -0.1) is 0 Å². The van der Waals surface area contributed by atoms with Crippen LogP contribution in [0.15, 0.2) is 78.9 Å². The van der Waals surface area contributed by atoms with Crippen LogP contribution >= 0.6 is 0 Å². The Morgan fingerprint density at radius 1 is 0.739 bits per heavy atom. The lowest BCUT2D eigenvalue weighted by molar-refractivity contribution is 0.121. The molecular weight excluding hydrogens is 288 g/mol. The molecule has 0 spiro atoms. The highest BCUT2D eigenvalue weighted by atomic mass is 16.7. The van der Waals surface area contributed by atoms with E-state index in [-0.39, 0.29) is 0 Å². The molecule has 3 aromatic rings. The Morgan fingerprint density at radius 3 is 1.96 bits per heavy atom. The summed E-state index contributed by atoms with van der Waals surface area (Å²) in [5.74, 6) is 0.475. The van der Waals surface area contributed by atoms with Gasteiger partial charge in [0.1, 0.15) is 5.75 Å². The third-order valence-electron chi connectivity index (χ3n) is 3.53. The molecule has 0 aliphatic heterocycles. The largest absolute Gasteiger partial charge is 0.513 e. The number of ether oxygens (including phenoxy) is 2. The van der Waals surface area contributed by atoms with Gasteiger partial charge in [-0.2, -0.15) is 0 Å². The number of methoxy groups -OCH3 is 1. The van der Waals surface area contributed by atoms with E-state index >= 15 is 0 Å². The lowest BCUT2D eigenvalue weighted by Crippen LogP contribution is -2.08. The van der Waals surface area contributed by atoms with Crippen molar-refractivity contribution in [2.75, 3.05) is 7.11 Å². The molecule has 0 unspecified atom stereocenters. The molecule has 0 amide bonds. The maximum atomic E-state index is 11.5. The smallest absolute Gasteiger partial charge is 0.437 e. The standard InChI is InChI=1S/C20H16O3/c1-22-20(21)23-19-13-12-17(15-8-4-2-5-9-15)14-18(19)16-10-6-3-7-11-16/h2-14H,1H3. The lowest BCUT2D eigenvalue weighted by atomic mass is 9.98. The maximum Gasteiger partial charge on any atom is 0.513 e. The molecule has 0 saturated carbocycles. The second-order valence-corrected chi connectivity index (χ2v) is 5.00. The van der Waals surface area contributed by atoms with Crippen molar-refractivity contribution in [3.63, 3.8) is 0 Å². The second kappa shape index (κ2) is 6.79. The molecular formula is C20H16O3. The van der Waals surface area contributed by atoms with Crippen molar-refractivity contribution in [3.05, 3.63) is 78.9 Å². The fourth-order valence-corrected chi connectivity index (χ4v) is 2.40. The number of hydrogen-bond donors (Lipinski definition) is 0. The van der Waals surface area contributed by atoms with Crippen molar-refractivity contribution in [2.45, 2.75) is 0 Å². The van der Waals surface area contributed by atoms with Gasteiger partial charge in [0.2, 0.25) is 0 Å². The van der Waals surface area contributed by atoms with E-state index in [1.165, 1.54) is 7.11 Å². The summed E-state index contributed by atoms with van der Waals surface area (Å²) in [7, 11) is 1.29. The Labute approximate surface area is 135 Å². The van der Waals surface area contributed by atoms with Gasteiger partial charge in [-0.25, -0.2) is 4.79 Å². The maximum absolute atomic E-state index is 11.5. The first-order chi connectivity index (χ1) is 11.3. The molecule has 0 bridgehead atoms. The Hall–Kier alpha value is -3.07. The Morgan fingerprint density at radius 2 is 1.35 bits per heavy atom. The highest BCUT2D eigenvalue weighted by Gasteiger charge is 2.12. The molecule has 0 aliphatic rings. The summed E-state index contributed by atoms with van der Waals surface area (Å²) in [5.41, 5.74) is 3.98. The first kappa shape index (κ1) is 14.9. The summed E-state index contributed by atoms with van der Waals surface area (Å²) in [4.78, 5) is 11.5. The third-order valence-corrected chi connectivity index (χ3v) is 3.53. The highest BCUT2D eigenvalue weighted by molar-refractivity contribution is 5.80. The van der Waals surface area contributed by atoms with E-state index < -0.39 is 6.16 Å². The van der Waals surface area contributed by atoms with Crippen LogP contribution < -0.4 is 4.74 Å². The van der Waals surface area contributed by atoms with E-state index in [1.54, 1.807) is 6.07 Å². The third kappa shape index (κ3) is 3.40. The topological polar surface area (TPSA) is 35.5 Å². The molecule has 0 N–H and O–H groups in total. The van der Waals surface area contributed by atoms with E-state index in [0.717, 1.165) is 22.3 Å². The molecule has 0 aromatic heterocycles. The van der Waals surface area contributed by atoms with Gasteiger partial charge in [0.15, 0.2) is 0 Å². The lowest BCUT2D eigenvalue weighted by Gasteiger charge is -2.12. The summed E-state index contributed by atoms with van der Waals surface area (Å²) >= 11 is 0. The van der Waals surface area contributed by atoms with Gasteiger partial charge in [-0.05, 0) is 28.8 Å². The van der Waals surface area contributed by atoms with Gasteiger partial charge >= 0.3 is 6.16 Å². The number of carbonyl (C=O) groups excluding carboxylic acids is 1. The molecule has 3 heteroatoms. The summed E-state index contributed by atoms with van der Waals surface area (Å²) in [6.07, 6.45) is -0.727. The molecule has 0 heterocycles. The van der Waals surface area contributed by atoms with Gasteiger partial charge in [-0.3, -0.25) is 0 Å². The van der Waals surface area contributed by atoms with E-state index in [4.69, 9.17) is 4.74 Å². The van der Waals surface area contributed by atoms with Crippen LogP contribution in [0.3, 0.4) is 0 Å². The summed E-state index contributed by atoms with van der Waals surface area (Å²) in [6.45, 7) is 0. The van der Waals surface area contributed by atoms with Crippen molar-refractivity contribution in [1.82, 2.24) is 0 Å². The minimum Gasteiger partial charge on any atom is -0.437 e. The monoisotopic (exact) mass is 304 g/mol. The Bertz CT molecular complexity index is 796. The van der Waals surface area contributed by atoms with Crippen molar-refractivity contribution in [2.24, 2.45) is 0 Å². The van der Waals surface area contributed by atoms with Crippen LogP contribution in [0.25, 0.3) is 22.3 Å². The van der Waals surface area contributed by atoms with E-state index in [2.05, 4.69) is 4.74 Å².